The maximum Gasteiger partial charge on any atom is 0.336 e. The summed E-state index contributed by atoms with van der Waals surface area (Å²) in [5.41, 5.74) is 15.9. The maximum absolute atomic E-state index is 12.7. The number of hydrogen-bond donors (Lipinski definition) is 6. The van der Waals surface area contributed by atoms with Gasteiger partial charge in [-0.25, -0.2) is 14.6 Å². The van der Waals surface area contributed by atoms with Crippen LogP contribution >= 0.6 is 0 Å². The number of hydrogen-bond acceptors (Lipinski definition) is 8. The second-order valence-corrected chi connectivity index (χ2v) is 9.65. The number of benzene rings is 3. The molecule has 0 fully saturated rings. The molecule has 1 aromatic heterocycles. The van der Waals surface area contributed by atoms with E-state index in [1.807, 2.05) is 0 Å². The van der Waals surface area contributed by atoms with E-state index in [9.17, 15) is 29.4 Å². The zero-order valence-electron chi connectivity index (χ0n) is 22.5. The average Bonchev–Trinajstić information content (AvgIpc) is 2.97. The summed E-state index contributed by atoms with van der Waals surface area (Å²) in [4.78, 5) is 57.1. The number of nitrogens with zero attached hydrogens (tertiary/aromatic N) is 2. The molecule has 0 radical (unpaired) electrons. The highest BCUT2D eigenvalue weighted by molar-refractivity contribution is 6.04. The van der Waals surface area contributed by atoms with Crippen molar-refractivity contribution in [1.82, 2.24) is 20.6 Å². The molecular weight excluding hydrogens is 540 g/mol. The molecule has 0 bridgehead atoms. The summed E-state index contributed by atoms with van der Waals surface area (Å²) in [5, 5.41) is 23.9. The number of aryl methyl sites for hydroxylation is 2. The normalized spacial score (nSPS) is 11.5. The molecule has 42 heavy (non-hydrogen) atoms. The minimum atomic E-state index is -1.22. The van der Waals surface area contributed by atoms with Crippen molar-refractivity contribution in [2.24, 2.45) is 0 Å². The Labute approximate surface area is 240 Å². The predicted octanol–water partition coefficient (Wildman–Crippen LogP) is 2.67. The highest BCUT2D eigenvalue weighted by atomic mass is 16.4. The van der Waals surface area contributed by atoms with Gasteiger partial charge < -0.3 is 32.3 Å². The fourth-order valence-corrected chi connectivity index (χ4v) is 4.39. The fourth-order valence-electron chi connectivity index (χ4n) is 4.39. The van der Waals surface area contributed by atoms with Crippen LogP contribution in [0.3, 0.4) is 0 Å². The number of nitrogens with two attached hydrogens (primary N) is 2. The molecule has 0 saturated carbocycles. The van der Waals surface area contributed by atoms with Crippen LogP contribution in [0.1, 0.15) is 55.2 Å². The molecule has 4 aromatic rings. The van der Waals surface area contributed by atoms with E-state index in [0.29, 0.717) is 40.8 Å². The van der Waals surface area contributed by atoms with Gasteiger partial charge in [0.1, 0.15) is 11.6 Å². The lowest BCUT2D eigenvalue weighted by Crippen LogP contribution is -2.41. The number of rotatable bonds is 12. The van der Waals surface area contributed by atoms with Gasteiger partial charge in [-0.1, -0.05) is 24.3 Å². The lowest BCUT2D eigenvalue weighted by molar-refractivity contribution is -0.139. The molecule has 3 aromatic carbocycles. The van der Waals surface area contributed by atoms with Crippen LogP contribution < -0.4 is 22.1 Å². The number of carboxylic acids is 2. The highest BCUT2D eigenvalue weighted by Crippen LogP contribution is 2.21. The zero-order valence-corrected chi connectivity index (χ0v) is 22.5. The van der Waals surface area contributed by atoms with Crippen molar-refractivity contribution in [2.75, 3.05) is 18.0 Å². The van der Waals surface area contributed by atoms with E-state index in [2.05, 4.69) is 20.6 Å². The Bertz CT molecular complexity index is 1640. The number of aliphatic carboxylic acids is 1. The number of nitrogens with one attached hydrogen (secondary N) is 2. The Morgan fingerprint density at radius 2 is 1.60 bits per heavy atom. The smallest absolute Gasteiger partial charge is 0.336 e. The number of carbonyl (C=O) groups is 4. The van der Waals surface area contributed by atoms with Gasteiger partial charge in [-0.05, 0) is 67.6 Å². The number of carboxylic acid groups (broad SMARTS) is 2. The van der Waals surface area contributed by atoms with Gasteiger partial charge in [0.2, 0.25) is 0 Å². The molecule has 0 saturated heterocycles. The van der Waals surface area contributed by atoms with Crippen LogP contribution in [0, 0.1) is 0 Å². The molecule has 1 unspecified atom stereocenters. The quantitative estimate of drug-likeness (QED) is 0.108. The number of nitrogen functional groups attached to an aromatic ring is 2. The molecule has 1 heterocycles. The first kappa shape index (κ1) is 29.5. The Kier molecular flexibility index (Phi) is 9.28. The van der Waals surface area contributed by atoms with E-state index < -0.39 is 29.8 Å². The minimum Gasteiger partial charge on any atom is -0.480 e. The zero-order chi connectivity index (χ0) is 30.2. The predicted molar refractivity (Wildman–Crippen MR) is 156 cm³/mol. The van der Waals surface area contributed by atoms with Crippen molar-refractivity contribution in [3.05, 3.63) is 94.8 Å². The molecule has 0 aliphatic heterocycles. The average molecular weight is 571 g/mol. The van der Waals surface area contributed by atoms with Crippen LogP contribution in [0.15, 0.2) is 66.9 Å². The van der Waals surface area contributed by atoms with Gasteiger partial charge in [0.25, 0.3) is 11.8 Å². The minimum absolute atomic E-state index is 0.0111. The molecule has 0 spiro atoms. The van der Waals surface area contributed by atoms with Gasteiger partial charge in [0.05, 0.1) is 28.0 Å². The van der Waals surface area contributed by atoms with E-state index in [1.165, 1.54) is 18.2 Å². The van der Waals surface area contributed by atoms with Crippen LogP contribution in [-0.4, -0.2) is 56.5 Å². The third kappa shape index (κ3) is 7.36. The van der Waals surface area contributed by atoms with Crippen LogP contribution in [0.5, 0.6) is 0 Å². The van der Waals surface area contributed by atoms with Crippen molar-refractivity contribution in [3.63, 3.8) is 0 Å². The van der Waals surface area contributed by atoms with Crippen molar-refractivity contribution < 1.29 is 29.4 Å². The number of amides is 2. The Balaban J connectivity index is 1.27. The number of carbonyl (C=O) groups excluding carboxylic acids is 2. The summed E-state index contributed by atoms with van der Waals surface area (Å²) >= 11 is 0. The van der Waals surface area contributed by atoms with Crippen molar-refractivity contribution in [1.29, 1.82) is 0 Å². The van der Waals surface area contributed by atoms with Gasteiger partial charge in [-0.15, -0.1) is 0 Å². The number of fused-ring (bicyclic) bond motifs is 1. The molecule has 2 amide bonds. The number of anilines is 2. The van der Waals surface area contributed by atoms with Gasteiger partial charge in [0.15, 0.2) is 0 Å². The second kappa shape index (κ2) is 13.2. The number of aromatic carboxylic acids is 1. The largest absolute Gasteiger partial charge is 0.480 e. The monoisotopic (exact) mass is 570 g/mol. The van der Waals surface area contributed by atoms with E-state index in [0.717, 1.165) is 11.3 Å². The lowest BCUT2D eigenvalue weighted by atomic mass is 10.0. The maximum atomic E-state index is 12.7. The van der Waals surface area contributed by atoms with Crippen molar-refractivity contribution >= 4 is 46.2 Å². The first-order valence-electron chi connectivity index (χ1n) is 13.2. The molecule has 0 aliphatic rings. The summed E-state index contributed by atoms with van der Waals surface area (Å²) in [7, 11) is 0. The molecule has 0 aliphatic carbocycles. The SMILES string of the molecule is Nc1cc(N)c2nc(CCc3ccc(C(=O)NC(CCCNC(=O)c4ccccc4C(=O)O)C(=O)O)cc3)cnc2c1. The Morgan fingerprint density at radius 3 is 2.29 bits per heavy atom. The molecule has 4 rings (SSSR count). The molecule has 1 atom stereocenters. The van der Waals surface area contributed by atoms with Crippen LogP contribution in [0.4, 0.5) is 11.4 Å². The number of aromatic nitrogens is 2. The molecule has 216 valence electrons. The summed E-state index contributed by atoms with van der Waals surface area (Å²) in [6, 6.07) is 14.8. The second-order valence-electron chi connectivity index (χ2n) is 9.65. The molecular formula is C30H30N6O6. The van der Waals surface area contributed by atoms with Crippen LogP contribution in [0.2, 0.25) is 0 Å². The van der Waals surface area contributed by atoms with Gasteiger partial charge in [-0.3, -0.25) is 14.6 Å². The van der Waals surface area contributed by atoms with E-state index in [-0.39, 0.29) is 30.5 Å². The summed E-state index contributed by atoms with van der Waals surface area (Å²) in [5.74, 6) is -3.55. The van der Waals surface area contributed by atoms with Crippen LogP contribution in [0.25, 0.3) is 11.0 Å². The van der Waals surface area contributed by atoms with Crippen molar-refractivity contribution in [2.45, 2.75) is 31.7 Å². The van der Waals surface area contributed by atoms with E-state index in [4.69, 9.17) is 11.5 Å². The lowest BCUT2D eigenvalue weighted by Gasteiger charge is -2.15. The third-order valence-electron chi connectivity index (χ3n) is 6.60. The summed E-state index contributed by atoms with van der Waals surface area (Å²) < 4.78 is 0. The first-order chi connectivity index (χ1) is 20.1. The standard InChI is InChI=1S/C30H30N6O6/c31-19-14-23(32)26-25(15-19)34-16-20(35-26)12-9-17-7-10-18(11-8-17)27(37)36-24(30(41)42)6-3-13-33-28(38)21-4-1-2-5-22(21)29(39)40/h1-2,4-5,7-8,10-11,14-16,24H,3,6,9,12-13,31-32H2,(H,33,38)(H,36,37)(H,39,40)(H,41,42). The first-order valence-corrected chi connectivity index (χ1v) is 13.2. The third-order valence-corrected chi connectivity index (χ3v) is 6.60. The van der Waals surface area contributed by atoms with Gasteiger partial charge in [0, 0.05) is 24.0 Å². The molecule has 12 heteroatoms. The van der Waals surface area contributed by atoms with Gasteiger partial charge in [-0.2, -0.15) is 0 Å². The summed E-state index contributed by atoms with van der Waals surface area (Å²) in [6.45, 7) is 0.101. The fraction of sp³-hybridized carbons (Fsp3) is 0.200. The van der Waals surface area contributed by atoms with Crippen LogP contribution in [-0.2, 0) is 17.6 Å². The summed E-state index contributed by atoms with van der Waals surface area (Å²) in [6.07, 6.45) is 3.21. The van der Waals surface area contributed by atoms with E-state index in [1.54, 1.807) is 48.7 Å². The van der Waals surface area contributed by atoms with Gasteiger partial charge >= 0.3 is 11.9 Å². The Hall–Kier alpha value is -5.52. The molecule has 8 N–H and O–H groups in total. The topological polar surface area (TPSA) is 211 Å². The van der Waals surface area contributed by atoms with Crippen molar-refractivity contribution in [3.8, 4) is 0 Å². The van der Waals surface area contributed by atoms with E-state index >= 15 is 0 Å². The molecule has 12 nitrogen and oxygen atoms in total. The Morgan fingerprint density at radius 1 is 0.881 bits per heavy atom. The highest BCUT2D eigenvalue weighted by Gasteiger charge is 2.21.